The summed E-state index contributed by atoms with van der Waals surface area (Å²) in [6.45, 7) is 1.88. The molecule has 1 unspecified atom stereocenters. The third-order valence-corrected chi connectivity index (χ3v) is 6.27. The Hall–Kier alpha value is -2.42. The van der Waals surface area contributed by atoms with Gasteiger partial charge in [0.2, 0.25) is 10.0 Å². The van der Waals surface area contributed by atoms with E-state index in [0.717, 1.165) is 19.3 Å². The molecular weight excluding hydrogens is 392 g/mol. The second kappa shape index (κ2) is 9.39. The summed E-state index contributed by atoms with van der Waals surface area (Å²) in [7, 11) is -2.14. The van der Waals surface area contributed by atoms with Gasteiger partial charge in [-0.15, -0.1) is 0 Å². The summed E-state index contributed by atoms with van der Waals surface area (Å²) in [5, 5.41) is 2.71. The molecule has 2 aromatic rings. The molecule has 7 nitrogen and oxygen atoms in total. The SMILES string of the molecule is COCC(C)NS(=O)(=O)c1ccc(NC(=O)COc2ccc3c(c2)CCC3)cc1. The highest BCUT2D eigenvalue weighted by molar-refractivity contribution is 7.89. The summed E-state index contributed by atoms with van der Waals surface area (Å²) in [5.74, 6) is 0.367. The molecule has 0 saturated carbocycles. The van der Waals surface area contributed by atoms with Crippen LogP contribution >= 0.6 is 0 Å². The molecule has 1 amide bonds. The van der Waals surface area contributed by atoms with Crippen molar-refractivity contribution < 1.29 is 22.7 Å². The Morgan fingerprint density at radius 1 is 1.10 bits per heavy atom. The number of hydrogen-bond donors (Lipinski definition) is 2. The normalized spacial score (nSPS) is 14.3. The maximum absolute atomic E-state index is 12.3. The van der Waals surface area contributed by atoms with Crippen molar-refractivity contribution >= 4 is 21.6 Å². The number of rotatable bonds is 9. The van der Waals surface area contributed by atoms with Crippen molar-refractivity contribution in [1.82, 2.24) is 4.72 Å². The smallest absolute Gasteiger partial charge is 0.262 e. The third kappa shape index (κ3) is 5.79. The van der Waals surface area contributed by atoms with E-state index in [2.05, 4.69) is 16.1 Å². The first-order valence-corrected chi connectivity index (χ1v) is 11.0. The van der Waals surface area contributed by atoms with Gasteiger partial charge in [0.05, 0.1) is 11.5 Å². The molecule has 0 heterocycles. The predicted octanol–water partition coefficient (Wildman–Crippen LogP) is 2.51. The summed E-state index contributed by atoms with van der Waals surface area (Å²) in [6.07, 6.45) is 3.31. The summed E-state index contributed by atoms with van der Waals surface area (Å²) in [6, 6.07) is 11.6. The Kier molecular flexibility index (Phi) is 6.89. The Labute approximate surface area is 171 Å². The molecular formula is C21H26N2O5S. The number of anilines is 1. The van der Waals surface area contributed by atoms with E-state index in [1.807, 2.05) is 12.1 Å². The molecule has 29 heavy (non-hydrogen) atoms. The Bertz CT molecular complexity index is 958. The van der Waals surface area contributed by atoms with Crippen molar-refractivity contribution in [2.45, 2.75) is 37.1 Å². The molecule has 2 aromatic carbocycles. The average molecular weight is 419 g/mol. The summed E-state index contributed by atoms with van der Waals surface area (Å²) >= 11 is 0. The van der Waals surface area contributed by atoms with Gasteiger partial charge in [-0.1, -0.05) is 6.07 Å². The minimum absolute atomic E-state index is 0.116. The summed E-state index contributed by atoms with van der Waals surface area (Å²) < 4.78 is 37.7. The van der Waals surface area contributed by atoms with E-state index in [9.17, 15) is 13.2 Å². The lowest BCUT2D eigenvalue weighted by atomic mass is 10.1. The van der Waals surface area contributed by atoms with Gasteiger partial charge in [-0.2, -0.15) is 0 Å². The van der Waals surface area contributed by atoms with E-state index in [-0.39, 0.29) is 30.1 Å². The van der Waals surface area contributed by atoms with Gasteiger partial charge < -0.3 is 14.8 Å². The number of aryl methyl sites for hydroxylation is 2. The van der Waals surface area contributed by atoms with Crippen molar-refractivity contribution in [1.29, 1.82) is 0 Å². The fourth-order valence-electron chi connectivity index (χ4n) is 3.32. The highest BCUT2D eigenvalue weighted by atomic mass is 32.2. The minimum Gasteiger partial charge on any atom is -0.484 e. The number of fused-ring (bicyclic) bond motifs is 1. The minimum atomic E-state index is -3.65. The fourth-order valence-corrected chi connectivity index (χ4v) is 4.55. The molecule has 8 heteroatoms. The number of nitrogens with one attached hydrogen (secondary N) is 2. The van der Waals surface area contributed by atoms with E-state index < -0.39 is 10.0 Å². The van der Waals surface area contributed by atoms with Crippen LogP contribution in [0, 0.1) is 0 Å². The van der Waals surface area contributed by atoms with Crippen LogP contribution in [-0.2, 0) is 32.4 Å². The van der Waals surface area contributed by atoms with Gasteiger partial charge >= 0.3 is 0 Å². The summed E-state index contributed by atoms with van der Waals surface area (Å²) in [4.78, 5) is 12.3. The molecule has 0 bridgehead atoms. The van der Waals surface area contributed by atoms with E-state index in [4.69, 9.17) is 9.47 Å². The van der Waals surface area contributed by atoms with Crippen molar-refractivity contribution in [3.8, 4) is 5.75 Å². The topological polar surface area (TPSA) is 93.7 Å². The molecule has 0 saturated heterocycles. The first-order valence-electron chi connectivity index (χ1n) is 9.53. The fraction of sp³-hybridized carbons (Fsp3) is 0.381. The number of benzene rings is 2. The zero-order chi connectivity index (χ0) is 20.9. The first kappa shape index (κ1) is 21.3. The van der Waals surface area contributed by atoms with Crippen LogP contribution in [0.3, 0.4) is 0 Å². The quantitative estimate of drug-likeness (QED) is 0.653. The number of methoxy groups -OCH3 is 1. The van der Waals surface area contributed by atoms with Gasteiger partial charge in [0.15, 0.2) is 6.61 Å². The second-order valence-electron chi connectivity index (χ2n) is 7.12. The van der Waals surface area contributed by atoms with E-state index in [0.29, 0.717) is 11.4 Å². The van der Waals surface area contributed by atoms with Crippen molar-refractivity contribution in [3.63, 3.8) is 0 Å². The maximum Gasteiger partial charge on any atom is 0.262 e. The van der Waals surface area contributed by atoms with Gasteiger partial charge in [-0.25, -0.2) is 13.1 Å². The monoisotopic (exact) mass is 418 g/mol. The molecule has 0 aliphatic heterocycles. The van der Waals surface area contributed by atoms with Gasteiger partial charge in [0, 0.05) is 18.8 Å². The number of carbonyl (C=O) groups is 1. The Morgan fingerprint density at radius 2 is 1.83 bits per heavy atom. The lowest BCUT2D eigenvalue weighted by molar-refractivity contribution is -0.118. The van der Waals surface area contributed by atoms with E-state index in [1.165, 1.54) is 30.4 Å². The molecule has 1 atom stereocenters. The molecule has 1 aliphatic carbocycles. The predicted molar refractivity (Wildman–Crippen MR) is 111 cm³/mol. The molecule has 0 fully saturated rings. The van der Waals surface area contributed by atoms with Gasteiger partial charge in [-0.05, 0) is 73.7 Å². The highest BCUT2D eigenvalue weighted by Crippen LogP contribution is 2.26. The number of amides is 1. The lowest BCUT2D eigenvalue weighted by Crippen LogP contribution is -2.35. The Balaban J connectivity index is 1.53. The number of sulfonamides is 1. The van der Waals surface area contributed by atoms with Crippen LogP contribution in [-0.4, -0.2) is 40.7 Å². The number of carbonyl (C=O) groups excluding carboxylic acids is 1. The van der Waals surface area contributed by atoms with Crippen LogP contribution in [0.4, 0.5) is 5.69 Å². The van der Waals surface area contributed by atoms with Crippen molar-refractivity contribution in [2.75, 3.05) is 25.6 Å². The van der Waals surface area contributed by atoms with Crippen LogP contribution in [0.1, 0.15) is 24.5 Å². The second-order valence-corrected chi connectivity index (χ2v) is 8.84. The van der Waals surface area contributed by atoms with Crippen LogP contribution in [0.2, 0.25) is 0 Å². The van der Waals surface area contributed by atoms with Gasteiger partial charge in [0.25, 0.3) is 5.91 Å². The van der Waals surface area contributed by atoms with Gasteiger partial charge in [-0.3, -0.25) is 4.79 Å². The molecule has 0 aromatic heterocycles. The number of ether oxygens (including phenoxy) is 2. The maximum atomic E-state index is 12.3. The van der Waals surface area contributed by atoms with Crippen LogP contribution in [0.15, 0.2) is 47.4 Å². The first-order chi connectivity index (χ1) is 13.9. The standard InChI is InChI=1S/C21H26N2O5S/c1-15(13-27-2)23-29(25,26)20-10-7-18(8-11-20)22-21(24)14-28-19-9-6-16-4-3-5-17(16)12-19/h6-12,15,23H,3-5,13-14H2,1-2H3,(H,22,24). The summed E-state index contributed by atoms with van der Waals surface area (Å²) in [5.41, 5.74) is 3.13. The Morgan fingerprint density at radius 3 is 2.55 bits per heavy atom. The molecule has 1 aliphatic rings. The third-order valence-electron chi connectivity index (χ3n) is 4.66. The number of hydrogen-bond acceptors (Lipinski definition) is 5. The molecule has 2 N–H and O–H groups in total. The van der Waals surface area contributed by atoms with Crippen LogP contribution < -0.4 is 14.8 Å². The van der Waals surface area contributed by atoms with Crippen molar-refractivity contribution in [2.24, 2.45) is 0 Å². The molecule has 156 valence electrons. The van der Waals surface area contributed by atoms with Crippen LogP contribution in [0.25, 0.3) is 0 Å². The highest BCUT2D eigenvalue weighted by Gasteiger charge is 2.17. The van der Waals surface area contributed by atoms with Gasteiger partial charge in [0.1, 0.15) is 5.75 Å². The van der Waals surface area contributed by atoms with E-state index >= 15 is 0 Å². The van der Waals surface area contributed by atoms with Crippen LogP contribution in [0.5, 0.6) is 5.75 Å². The zero-order valence-electron chi connectivity index (χ0n) is 16.6. The lowest BCUT2D eigenvalue weighted by Gasteiger charge is -2.13. The van der Waals surface area contributed by atoms with Crippen molar-refractivity contribution in [3.05, 3.63) is 53.6 Å². The van der Waals surface area contributed by atoms with E-state index in [1.54, 1.807) is 19.1 Å². The zero-order valence-corrected chi connectivity index (χ0v) is 17.4. The molecule has 0 radical (unpaired) electrons. The molecule has 0 spiro atoms. The average Bonchev–Trinajstić information content (AvgIpc) is 3.14. The molecule has 3 rings (SSSR count). The largest absolute Gasteiger partial charge is 0.484 e.